The summed E-state index contributed by atoms with van der Waals surface area (Å²) in [6.07, 6.45) is 23.8. The highest BCUT2D eigenvalue weighted by Crippen LogP contribution is 2.25. The quantitative estimate of drug-likeness (QED) is 0.0849. The van der Waals surface area contributed by atoms with Crippen LogP contribution in [0.2, 0.25) is 0 Å². The van der Waals surface area contributed by atoms with Crippen LogP contribution in [0, 0.1) is 0 Å². The molecule has 0 bridgehead atoms. The molecule has 0 spiro atoms. The lowest BCUT2D eigenvalue weighted by Gasteiger charge is -2.19. The molecule has 0 saturated carbocycles. The van der Waals surface area contributed by atoms with Crippen LogP contribution in [0.5, 0.6) is 0 Å². The van der Waals surface area contributed by atoms with Crippen molar-refractivity contribution in [3.63, 3.8) is 0 Å². The van der Waals surface area contributed by atoms with Crippen LogP contribution in [-0.4, -0.2) is 35.7 Å². The normalized spacial score (nSPS) is 12.9. The molecule has 0 saturated heterocycles. The zero-order valence-electron chi connectivity index (χ0n) is 23.8. The third-order valence-electron chi connectivity index (χ3n) is 6.58. The molecule has 0 aromatic rings. The maximum Gasteiger partial charge on any atom is 0.319 e. The zero-order valence-corrected chi connectivity index (χ0v) is 24.6. The number of rotatable bonds is 26. The number of unbranched alkanes of at least 4 members (excludes halogenated alkanes) is 16. The summed E-state index contributed by atoms with van der Waals surface area (Å²) in [5.41, 5.74) is 0. The molecule has 0 heterocycles. The van der Waals surface area contributed by atoms with Crippen LogP contribution in [-0.2, 0) is 19.1 Å². The summed E-state index contributed by atoms with van der Waals surface area (Å²) in [7, 11) is 0. The van der Waals surface area contributed by atoms with Crippen molar-refractivity contribution in [3.05, 3.63) is 0 Å². The Bertz CT molecular complexity index is 441. The summed E-state index contributed by atoms with van der Waals surface area (Å²) in [5, 5.41) is -0.586. The summed E-state index contributed by atoms with van der Waals surface area (Å²) in [4.78, 5) is 25.1. The van der Waals surface area contributed by atoms with E-state index < -0.39 is 0 Å². The third kappa shape index (κ3) is 21.1. The second kappa shape index (κ2) is 26.4. The zero-order chi connectivity index (χ0) is 26.0. The van der Waals surface area contributed by atoms with Crippen molar-refractivity contribution < 1.29 is 19.1 Å². The lowest BCUT2D eigenvalue weighted by atomic mass is 10.1. The Morgan fingerprint density at radius 3 is 1.06 bits per heavy atom. The molecule has 5 heteroatoms. The van der Waals surface area contributed by atoms with E-state index in [2.05, 4.69) is 13.8 Å². The van der Waals surface area contributed by atoms with Gasteiger partial charge in [-0.05, 0) is 25.7 Å². The topological polar surface area (TPSA) is 52.6 Å². The van der Waals surface area contributed by atoms with E-state index in [1.165, 1.54) is 102 Å². The lowest BCUT2D eigenvalue weighted by Crippen LogP contribution is -2.28. The highest BCUT2D eigenvalue weighted by atomic mass is 32.2. The molecule has 0 aliphatic rings. The van der Waals surface area contributed by atoms with Gasteiger partial charge in [-0.15, -0.1) is 11.8 Å². The predicted octanol–water partition coefficient (Wildman–Crippen LogP) is 9.42. The molecule has 0 amide bonds. The molecule has 2 atom stereocenters. The number of esters is 2. The Balaban J connectivity index is 3.93. The van der Waals surface area contributed by atoms with Crippen molar-refractivity contribution in [2.45, 2.75) is 167 Å². The highest BCUT2D eigenvalue weighted by Gasteiger charge is 2.27. The van der Waals surface area contributed by atoms with Gasteiger partial charge in [0.1, 0.15) is 10.5 Å². The summed E-state index contributed by atoms with van der Waals surface area (Å²) < 4.78 is 11.1. The van der Waals surface area contributed by atoms with Gasteiger partial charge in [0.05, 0.1) is 13.2 Å². The van der Waals surface area contributed by atoms with Gasteiger partial charge in [-0.3, -0.25) is 9.59 Å². The van der Waals surface area contributed by atoms with Gasteiger partial charge < -0.3 is 9.47 Å². The van der Waals surface area contributed by atoms with Crippen LogP contribution in [0.25, 0.3) is 0 Å². The average Bonchev–Trinajstić information content (AvgIpc) is 2.86. The first kappa shape index (κ1) is 34.3. The second-order valence-corrected chi connectivity index (χ2v) is 11.3. The lowest BCUT2D eigenvalue weighted by molar-refractivity contribution is -0.143. The first-order chi connectivity index (χ1) is 17.1. The molecular weight excluding hydrogens is 456 g/mol. The first-order valence-electron chi connectivity index (χ1n) is 15.1. The maximum atomic E-state index is 12.5. The molecule has 0 radical (unpaired) electrons. The van der Waals surface area contributed by atoms with Gasteiger partial charge in [-0.2, -0.15) is 0 Å². The van der Waals surface area contributed by atoms with Gasteiger partial charge in [0, 0.05) is 0 Å². The molecule has 0 aliphatic heterocycles. The van der Waals surface area contributed by atoms with Crippen molar-refractivity contribution in [1.82, 2.24) is 0 Å². The number of ether oxygens (including phenoxy) is 2. The summed E-state index contributed by atoms with van der Waals surface area (Å²) in [6, 6.07) is 0. The van der Waals surface area contributed by atoms with E-state index in [1.807, 2.05) is 13.8 Å². The Morgan fingerprint density at radius 1 is 0.486 bits per heavy atom. The van der Waals surface area contributed by atoms with E-state index in [1.54, 1.807) is 0 Å². The summed E-state index contributed by atoms with van der Waals surface area (Å²) >= 11 is 1.42. The summed E-state index contributed by atoms with van der Waals surface area (Å²) in [6.45, 7) is 9.44. The largest absolute Gasteiger partial charge is 0.465 e. The number of carbonyl (C=O) groups excluding carboxylic acids is 2. The number of carbonyl (C=O) groups is 2. The fourth-order valence-corrected chi connectivity index (χ4v) is 5.33. The van der Waals surface area contributed by atoms with Gasteiger partial charge in [0.2, 0.25) is 0 Å². The maximum absolute atomic E-state index is 12.5. The third-order valence-corrected chi connectivity index (χ3v) is 8.29. The van der Waals surface area contributed by atoms with E-state index in [0.29, 0.717) is 26.1 Å². The fraction of sp³-hybridized carbons (Fsp3) is 0.933. The minimum absolute atomic E-state index is 0.178. The van der Waals surface area contributed by atoms with Crippen molar-refractivity contribution in [3.8, 4) is 0 Å². The van der Waals surface area contributed by atoms with Crippen LogP contribution < -0.4 is 0 Å². The molecule has 0 rings (SSSR count). The smallest absolute Gasteiger partial charge is 0.319 e. The average molecular weight is 515 g/mol. The predicted molar refractivity (Wildman–Crippen MR) is 152 cm³/mol. The van der Waals surface area contributed by atoms with Crippen LogP contribution in [0.1, 0.15) is 156 Å². The van der Waals surface area contributed by atoms with Crippen molar-refractivity contribution in [2.24, 2.45) is 0 Å². The first-order valence-corrected chi connectivity index (χ1v) is 16.0. The standard InChI is InChI=1S/C30H58O4S/c1-5-9-11-13-15-17-19-21-23-25-33-29(31)27(7-3)35-28(8-4)30(32)34-26-24-22-20-18-16-14-12-10-6-2/h27-28H,5-26H2,1-4H3. The van der Waals surface area contributed by atoms with Crippen LogP contribution in [0.3, 0.4) is 0 Å². The summed E-state index contributed by atoms with van der Waals surface area (Å²) in [5.74, 6) is -0.357. The molecule has 0 aromatic carbocycles. The van der Waals surface area contributed by atoms with Crippen molar-refractivity contribution in [1.29, 1.82) is 0 Å². The Labute approximate surface area is 222 Å². The Morgan fingerprint density at radius 2 is 0.771 bits per heavy atom. The SMILES string of the molecule is CCCCCCCCCCCOC(=O)C(CC)SC(CC)C(=O)OCCCCCCCCCCC. The highest BCUT2D eigenvalue weighted by molar-refractivity contribution is 8.01. The molecular formula is C30H58O4S. The van der Waals surface area contributed by atoms with Gasteiger partial charge in [-0.25, -0.2) is 0 Å². The Hall–Kier alpha value is -0.710. The molecule has 35 heavy (non-hydrogen) atoms. The van der Waals surface area contributed by atoms with Crippen molar-refractivity contribution >= 4 is 23.7 Å². The molecule has 0 aliphatic carbocycles. The molecule has 0 aromatic heterocycles. The monoisotopic (exact) mass is 514 g/mol. The molecule has 4 nitrogen and oxygen atoms in total. The van der Waals surface area contributed by atoms with E-state index in [9.17, 15) is 9.59 Å². The minimum Gasteiger partial charge on any atom is -0.465 e. The molecule has 208 valence electrons. The minimum atomic E-state index is -0.293. The van der Waals surface area contributed by atoms with Gasteiger partial charge in [-0.1, -0.05) is 130 Å². The van der Waals surface area contributed by atoms with Gasteiger partial charge >= 0.3 is 11.9 Å². The molecule has 0 fully saturated rings. The van der Waals surface area contributed by atoms with Crippen LogP contribution >= 0.6 is 11.8 Å². The number of hydrogen-bond donors (Lipinski definition) is 0. The van der Waals surface area contributed by atoms with E-state index in [4.69, 9.17) is 9.47 Å². The van der Waals surface area contributed by atoms with Gasteiger partial charge in [0.15, 0.2) is 0 Å². The van der Waals surface area contributed by atoms with E-state index >= 15 is 0 Å². The number of hydrogen-bond acceptors (Lipinski definition) is 5. The second-order valence-electron chi connectivity index (χ2n) is 9.92. The molecule has 2 unspecified atom stereocenters. The van der Waals surface area contributed by atoms with Crippen molar-refractivity contribution in [2.75, 3.05) is 13.2 Å². The van der Waals surface area contributed by atoms with Crippen LogP contribution in [0.4, 0.5) is 0 Å². The molecule has 0 N–H and O–H groups in total. The van der Waals surface area contributed by atoms with Crippen LogP contribution in [0.15, 0.2) is 0 Å². The van der Waals surface area contributed by atoms with E-state index in [0.717, 1.165) is 25.7 Å². The number of thioether (sulfide) groups is 1. The Kier molecular flexibility index (Phi) is 25.8. The fourth-order valence-electron chi connectivity index (χ4n) is 4.19. The van der Waals surface area contributed by atoms with Gasteiger partial charge in [0.25, 0.3) is 0 Å². The van der Waals surface area contributed by atoms with E-state index in [-0.39, 0.29) is 22.4 Å².